The van der Waals surface area contributed by atoms with Crippen molar-refractivity contribution in [3.8, 4) is 11.1 Å². The van der Waals surface area contributed by atoms with E-state index in [1.54, 1.807) is 10.8 Å². The van der Waals surface area contributed by atoms with Gasteiger partial charge in [0.25, 0.3) is 6.71 Å². The fraction of sp³-hybridized carbons (Fsp3) is 0.364. The average molecular weight is 950 g/mol. The van der Waals surface area contributed by atoms with Crippen molar-refractivity contribution >= 4 is 81.9 Å². The van der Waals surface area contributed by atoms with E-state index in [9.17, 15) is 0 Å². The van der Waals surface area contributed by atoms with Crippen LogP contribution in [0.15, 0.2) is 140 Å². The molecule has 3 nitrogen and oxygen atoms in total. The van der Waals surface area contributed by atoms with Crippen LogP contribution in [0.25, 0.3) is 11.1 Å². The lowest BCUT2D eigenvalue weighted by Gasteiger charge is -2.50. The first kappa shape index (κ1) is 47.5. The van der Waals surface area contributed by atoms with Gasteiger partial charge in [-0.2, -0.15) is 0 Å². The molecule has 3 aliphatic heterocycles. The van der Waals surface area contributed by atoms with Crippen molar-refractivity contribution in [3.63, 3.8) is 0 Å². The van der Waals surface area contributed by atoms with Crippen LogP contribution < -0.4 is 36.3 Å². The number of anilines is 8. The molecule has 1 saturated carbocycles. The second-order valence-corrected chi connectivity index (χ2v) is 31.4. The van der Waals surface area contributed by atoms with Gasteiger partial charge in [-0.25, -0.2) is 0 Å². The van der Waals surface area contributed by atoms with Crippen LogP contribution >= 0.6 is 0 Å². The number of benzene rings is 7. The minimum absolute atomic E-state index is 0.0123. The summed E-state index contributed by atoms with van der Waals surface area (Å²) >= 11 is 0. The molecule has 5 heteroatoms. The predicted octanol–water partition coefficient (Wildman–Crippen LogP) is 15.9. The predicted molar refractivity (Wildman–Crippen MR) is 313 cm³/mol. The molecule has 0 aromatic heterocycles. The number of aryl methyl sites for hydroxylation is 1. The molecule has 362 valence electrons. The molecular weight excluding hydrogens is 874 g/mol. The average Bonchev–Trinajstić information content (AvgIpc) is 3.52. The van der Waals surface area contributed by atoms with Crippen molar-refractivity contribution < 1.29 is 0 Å². The van der Waals surface area contributed by atoms with E-state index in [1.807, 2.05) is 0 Å². The molecule has 0 saturated heterocycles. The van der Waals surface area contributed by atoms with Gasteiger partial charge in [-0.05, 0) is 153 Å². The van der Waals surface area contributed by atoms with Gasteiger partial charge < -0.3 is 14.7 Å². The SMILES string of the molecule is Cc1cc2c3c(c1)N(c1ccc(C(C)(C)C)cc1-c1ccccc1)c1cc(C(C)(C)C)ccc1B3c1ccc(N3c4ccc([Si](C)(C)C)cc4C4(C)CCCCC34C)cc1N2c1ccc(C(C)(C)C)cc1. The van der Waals surface area contributed by atoms with Crippen molar-refractivity contribution in [2.45, 2.75) is 156 Å². The Balaban J connectivity index is 1.20. The van der Waals surface area contributed by atoms with Gasteiger partial charge in [0.1, 0.15) is 0 Å². The molecule has 11 rings (SSSR count). The highest BCUT2D eigenvalue weighted by Crippen LogP contribution is 2.61. The van der Waals surface area contributed by atoms with Gasteiger partial charge >= 0.3 is 0 Å². The monoisotopic (exact) mass is 950 g/mol. The molecule has 4 aliphatic rings. The first-order valence-electron chi connectivity index (χ1n) is 26.7. The number of rotatable bonds is 5. The lowest BCUT2D eigenvalue weighted by molar-refractivity contribution is 0.195. The molecule has 0 radical (unpaired) electrons. The number of hydrogen-bond acceptors (Lipinski definition) is 3. The Morgan fingerprint density at radius 3 is 1.69 bits per heavy atom. The van der Waals surface area contributed by atoms with Crippen molar-refractivity contribution in [1.29, 1.82) is 0 Å². The highest BCUT2D eigenvalue weighted by atomic mass is 28.3. The molecule has 7 aromatic carbocycles. The molecule has 2 atom stereocenters. The molecule has 0 amide bonds. The van der Waals surface area contributed by atoms with Gasteiger partial charge in [-0.3, -0.25) is 0 Å². The van der Waals surface area contributed by atoms with Crippen LogP contribution in [0.5, 0.6) is 0 Å². The van der Waals surface area contributed by atoms with Crippen LogP contribution in [-0.4, -0.2) is 20.3 Å². The minimum atomic E-state index is -1.55. The molecule has 2 unspecified atom stereocenters. The molecule has 7 aromatic rings. The maximum Gasteiger partial charge on any atom is 0.252 e. The first-order chi connectivity index (χ1) is 33.4. The molecule has 1 fully saturated rings. The second-order valence-electron chi connectivity index (χ2n) is 26.4. The Morgan fingerprint density at radius 2 is 1.04 bits per heavy atom. The summed E-state index contributed by atoms with van der Waals surface area (Å²) in [4.78, 5) is 8.07. The van der Waals surface area contributed by atoms with Crippen LogP contribution in [0, 0.1) is 6.92 Å². The lowest BCUT2D eigenvalue weighted by atomic mass is 9.33. The van der Waals surface area contributed by atoms with Crippen molar-refractivity contribution in [2.24, 2.45) is 0 Å². The quantitative estimate of drug-likeness (QED) is 0.159. The van der Waals surface area contributed by atoms with Crippen molar-refractivity contribution in [3.05, 3.63) is 167 Å². The van der Waals surface area contributed by atoms with Gasteiger partial charge in [0, 0.05) is 50.8 Å². The van der Waals surface area contributed by atoms with Crippen molar-refractivity contribution in [1.82, 2.24) is 0 Å². The number of nitrogens with zero attached hydrogens (tertiary/aromatic N) is 3. The normalized spacial score (nSPS) is 19.5. The molecule has 3 heterocycles. The highest BCUT2D eigenvalue weighted by molar-refractivity contribution is 7.00. The van der Waals surface area contributed by atoms with E-state index in [0.29, 0.717) is 0 Å². The molecule has 0 spiro atoms. The van der Waals surface area contributed by atoms with E-state index in [-0.39, 0.29) is 33.9 Å². The molecule has 0 N–H and O–H groups in total. The maximum absolute atomic E-state index is 2.80. The van der Waals surface area contributed by atoms with Crippen LogP contribution in [0.1, 0.15) is 130 Å². The number of hydrogen-bond donors (Lipinski definition) is 0. The first-order valence-corrected chi connectivity index (χ1v) is 30.2. The fourth-order valence-electron chi connectivity index (χ4n) is 13.0. The Kier molecular flexibility index (Phi) is 10.8. The van der Waals surface area contributed by atoms with Gasteiger partial charge in [0.15, 0.2) is 0 Å². The Bertz CT molecular complexity index is 3250. The van der Waals surface area contributed by atoms with E-state index in [0.717, 1.165) is 0 Å². The Labute approximate surface area is 428 Å². The zero-order valence-corrected chi connectivity index (χ0v) is 46.5. The summed E-state index contributed by atoms with van der Waals surface area (Å²) < 4.78 is 0. The summed E-state index contributed by atoms with van der Waals surface area (Å²) in [5.41, 5.74) is 23.5. The standard InChI is InChI=1S/C66H76BN3Si/c1-43-37-59-61-60(38-43)69(55-33-26-46(63(5,6)7)39-51(55)44-21-17-16-18-22-44)57-40-47(64(8,9)10)25-31-53(57)67(61)54-32-29-49(41-58(54)68(59)48-27-23-45(24-28-48)62(2,3)4)70-56-34-30-50(71(13,14)15)42-52(56)65(11)35-19-20-36-66(65,70)12/h16-18,21-34,37-42H,19-20,35-36H2,1-15H3. The second kappa shape index (κ2) is 16.1. The van der Waals surface area contributed by atoms with E-state index < -0.39 is 8.07 Å². The summed E-state index contributed by atoms with van der Waals surface area (Å²) in [6.45, 7) is 36.0. The van der Waals surface area contributed by atoms with Crippen LogP contribution in [-0.2, 0) is 21.7 Å². The number of fused-ring (bicyclic) bond motifs is 7. The summed E-state index contributed by atoms with van der Waals surface area (Å²) in [7, 11) is -1.55. The molecule has 0 bridgehead atoms. The minimum Gasteiger partial charge on any atom is -0.334 e. The zero-order chi connectivity index (χ0) is 50.4. The van der Waals surface area contributed by atoms with E-state index in [4.69, 9.17) is 0 Å². The summed E-state index contributed by atoms with van der Waals surface area (Å²) in [5, 5.41) is 1.56. The summed E-state index contributed by atoms with van der Waals surface area (Å²) in [6.07, 6.45) is 4.91. The van der Waals surface area contributed by atoms with Crippen LogP contribution in [0.2, 0.25) is 19.6 Å². The van der Waals surface area contributed by atoms with Crippen molar-refractivity contribution in [2.75, 3.05) is 14.7 Å². The Morgan fingerprint density at radius 1 is 0.493 bits per heavy atom. The van der Waals surface area contributed by atoms with E-state index in [2.05, 4.69) is 257 Å². The van der Waals surface area contributed by atoms with E-state index in [1.165, 1.54) is 121 Å². The van der Waals surface area contributed by atoms with Gasteiger partial charge in [0.2, 0.25) is 0 Å². The van der Waals surface area contributed by atoms with Gasteiger partial charge in [-0.1, -0.05) is 186 Å². The third kappa shape index (κ3) is 7.49. The van der Waals surface area contributed by atoms with Gasteiger partial charge in [0.05, 0.1) is 19.3 Å². The fourth-order valence-corrected chi connectivity index (χ4v) is 14.2. The van der Waals surface area contributed by atoms with Crippen LogP contribution in [0.3, 0.4) is 0 Å². The summed E-state index contributed by atoms with van der Waals surface area (Å²) in [6, 6.07) is 55.5. The Hall–Kier alpha value is -5.78. The van der Waals surface area contributed by atoms with E-state index >= 15 is 0 Å². The van der Waals surface area contributed by atoms with Crippen LogP contribution in [0.4, 0.5) is 45.5 Å². The van der Waals surface area contributed by atoms with Gasteiger partial charge in [-0.15, -0.1) is 0 Å². The third-order valence-corrected chi connectivity index (χ3v) is 19.5. The highest BCUT2D eigenvalue weighted by Gasteiger charge is 2.58. The molecule has 71 heavy (non-hydrogen) atoms. The topological polar surface area (TPSA) is 9.72 Å². The zero-order valence-electron chi connectivity index (χ0n) is 45.5. The summed E-state index contributed by atoms with van der Waals surface area (Å²) in [5.74, 6) is 0. The molecular formula is C66H76BN3Si. The smallest absolute Gasteiger partial charge is 0.252 e. The largest absolute Gasteiger partial charge is 0.334 e. The lowest BCUT2D eigenvalue weighted by Crippen LogP contribution is -2.61. The molecule has 1 aliphatic carbocycles. The maximum atomic E-state index is 2.80. The third-order valence-electron chi connectivity index (χ3n) is 17.5.